The fourth-order valence-corrected chi connectivity index (χ4v) is 2.69. The van der Waals surface area contributed by atoms with E-state index in [2.05, 4.69) is 21.2 Å². The molecule has 1 unspecified atom stereocenters. The molecule has 2 N–H and O–H groups in total. The van der Waals surface area contributed by atoms with Crippen molar-refractivity contribution in [2.45, 2.75) is 25.4 Å². The molecular formula is C14H17BrN2O4. The summed E-state index contributed by atoms with van der Waals surface area (Å²) in [6.45, 7) is 0.498. The lowest BCUT2D eigenvalue weighted by Crippen LogP contribution is -2.41. The molecule has 1 aliphatic rings. The predicted octanol–water partition coefficient (Wildman–Crippen LogP) is 2.22. The van der Waals surface area contributed by atoms with Crippen molar-refractivity contribution in [3.05, 3.63) is 28.2 Å². The molecule has 0 radical (unpaired) electrons. The first-order valence-electron chi connectivity index (χ1n) is 6.59. The highest BCUT2D eigenvalue weighted by atomic mass is 79.9. The van der Waals surface area contributed by atoms with Gasteiger partial charge in [0.1, 0.15) is 5.75 Å². The Morgan fingerprint density at radius 1 is 1.57 bits per heavy atom. The van der Waals surface area contributed by atoms with Crippen molar-refractivity contribution < 1.29 is 19.4 Å². The number of rotatable bonds is 5. The minimum atomic E-state index is -1.01. The van der Waals surface area contributed by atoms with Crippen LogP contribution in [0.1, 0.15) is 18.4 Å². The summed E-state index contributed by atoms with van der Waals surface area (Å²) in [5.74, 6) is 0.609. The first-order chi connectivity index (χ1) is 9.99. The van der Waals surface area contributed by atoms with E-state index in [9.17, 15) is 14.7 Å². The highest BCUT2D eigenvalue weighted by molar-refractivity contribution is 9.10. The van der Waals surface area contributed by atoms with Gasteiger partial charge in [-0.25, -0.2) is 4.79 Å². The van der Waals surface area contributed by atoms with Crippen LogP contribution in [0.4, 0.5) is 4.79 Å². The molecule has 0 aliphatic carbocycles. The molecule has 1 atom stereocenters. The quantitative estimate of drug-likeness (QED) is 0.847. The Kier molecular flexibility index (Phi) is 5.06. The number of carbonyl (C=O) groups excluding carboxylic acids is 1. The summed E-state index contributed by atoms with van der Waals surface area (Å²) in [5.41, 5.74) is 0.785. The minimum absolute atomic E-state index is 0.0217. The van der Waals surface area contributed by atoms with Gasteiger partial charge in [0.15, 0.2) is 0 Å². The van der Waals surface area contributed by atoms with Crippen LogP contribution in [0.15, 0.2) is 22.7 Å². The van der Waals surface area contributed by atoms with E-state index >= 15 is 0 Å². The molecule has 1 aromatic carbocycles. The Morgan fingerprint density at radius 3 is 2.90 bits per heavy atom. The number of nitrogens with one attached hydrogen (secondary N) is 1. The van der Waals surface area contributed by atoms with E-state index in [1.807, 2.05) is 12.1 Å². The van der Waals surface area contributed by atoms with Crippen molar-refractivity contribution in [2.75, 3.05) is 13.7 Å². The molecule has 114 valence electrons. The Morgan fingerprint density at radius 2 is 2.33 bits per heavy atom. The number of halogens is 1. The van der Waals surface area contributed by atoms with E-state index in [-0.39, 0.29) is 25.0 Å². The largest absolute Gasteiger partial charge is 0.496 e. The number of amides is 2. The first-order valence-corrected chi connectivity index (χ1v) is 7.38. The number of carbonyl (C=O) groups is 2. The predicted molar refractivity (Wildman–Crippen MR) is 80.3 cm³/mol. The number of ether oxygens (including phenoxy) is 1. The van der Waals surface area contributed by atoms with Crippen molar-refractivity contribution >= 4 is 27.9 Å². The van der Waals surface area contributed by atoms with Gasteiger partial charge in [0.05, 0.1) is 13.7 Å². The Balaban J connectivity index is 2.09. The molecule has 1 heterocycles. The third kappa shape index (κ3) is 4.10. The Hall–Kier alpha value is -1.76. The molecule has 1 aliphatic heterocycles. The van der Waals surface area contributed by atoms with Gasteiger partial charge in [-0.1, -0.05) is 22.0 Å². The van der Waals surface area contributed by atoms with Crippen LogP contribution in [0.25, 0.3) is 0 Å². The van der Waals surface area contributed by atoms with E-state index in [1.165, 1.54) is 4.90 Å². The molecule has 2 amide bonds. The maximum atomic E-state index is 11.4. The molecule has 0 saturated carbocycles. The average Bonchev–Trinajstić information content (AvgIpc) is 2.85. The van der Waals surface area contributed by atoms with Crippen LogP contribution in [0.2, 0.25) is 0 Å². The average molecular weight is 357 g/mol. The highest BCUT2D eigenvalue weighted by Gasteiger charge is 2.25. The SMILES string of the molecule is COc1cc(Br)ccc1CN(CC1CCC(=O)N1)C(=O)O. The van der Waals surface area contributed by atoms with Crippen LogP contribution in [0.3, 0.4) is 0 Å². The highest BCUT2D eigenvalue weighted by Crippen LogP contribution is 2.25. The van der Waals surface area contributed by atoms with Crippen molar-refractivity contribution in [2.24, 2.45) is 0 Å². The van der Waals surface area contributed by atoms with Crippen molar-refractivity contribution in [1.82, 2.24) is 10.2 Å². The second-order valence-electron chi connectivity index (χ2n) is 4.92. The zero-order valence-electron chi connectivity index (χ0n) is 11.6. The van der Waals surface area contributed by atoms with Gasteiger partial charge >= 0.3 is 6.09 Å². The maximum absolute atomic E-state index is 11.4. The number of hydrogen-bond acceptors (Lipinski definition) is 3. The number of hydrogen-bond donors (Lipinski definition) is 2. The van der Waals surface area contributed by atoms with Crippen LogP contribution in [0.5, 0.6) is 5.75 Å². The van der Waals surface area contributed by atoms with Gasteiger partial charge in [-0.05, 0) is 18.6 Å². The molecule has 0 bridgehead atoms. The van der Waals surface area contributed by atoms with Crippen LogP contribution >= 0.6 is 15.9 Å². The van der Waals surface area contributed by atoms with Crippen molar-refractivity contribution in [3.63, 3.8) is 0 Å². The monoisotopic (exact) mass is 356 g/mol. The van der Waals surface area contributed by atoms with E-state index in [0.29, 0.717) is 18.6 Å². The topological polar surface area (TPSA) is 78.9 Å². The van der Waals surface area contributed by atoms with Crippen molar-refractivity contribution in [1.29, 1.82) is 0 Å². The van der Waals surface area contributed by atoms with Gasteiger partial charge in [0, 0.05) is 29.0 Å². The lowest BCUT2D eigenvalue weighted by Gasteiger charge is -2.23. The van der Waals surface area contributed by atoms with Crippen LogP contribution in [0, 0.1) is 0 Å². The summed E-state index contributed by atoms with van der Waals surface area (Å²) < 4.78 is 6.14. The van der Waals surface area contributed by atoms with Crippen LogP contribution < -0.4 is 10.1 Å². The first kappa shape index (κ1) is 15.6. The second kappa shape index (κ2) is 6.80. The van der Waals surface area contributed by atoms with Gasteiger partial charge < -0.3 is 20.1 Å². The van der Waals surface area contributed by atoms with Gasteiger partial charge in [0.2, 0.25) is 5.91 Å². The second-order valence-corrected chi connectivity index (χ2v) is 5.84. The zero-order chi connectivity index (χ0) is 15.4. The van der Waals surface area contributed by atoms with Gasteiger partial charge in [0.25, 0.3) is 0 Å². The molecule has 2 rings (SSSR count). The third-order valence-electron chi connectivity index (χ3n) is 3.41. The molecule has 7 heteroatoms. The fraction of sp³-hybridized carbons (Fsp3) is 0.429. The molecule has 1 saturated heterocycles. The molecular weight excluding hydrogens is 340 g/mol. The lowest BCUT2D eigenvalue weighted by molar-refractivity contribution is -0.119. The molecule has 1 fully saturated rings. The smallest absolute Gasteiger partial charge is 0.407 e. The van der Waals surface area contributed by atoms with E-state index < -0.39 is 6.09 Å². The lowest BCUT2D eigenvalue weighted by atomic mass is 10.1. The summed E-state index contributed by atoms with van der Waals surface area (Å²) in [5, 5.41) is 12.1. The zero-order valence-corrected chi connectivity index (χ0v) is 13.2. The summed E-state index contributed by atoms with van der Waals surface area (Å²) in [7, 11) is 1.55. The van der Waals surface area contributed by atoms with Crippen LogP contribution in [-0.2, 0) is 11.3 Å². The summed E-state index contributed by atoms with van der Waals surface area (Å²) in [6.07, 6.45) is 0.112. The number of benzene rings is 1. The standard InChI is InChI=1S/C14H17BrN2O4/c1-21-12-6-10(15)3-2-9(12)7-17(14(19)20)8-11-4-5-13(18)16-11/h2-3,6,11H,4-5,7-8H2,1H3,(H,16,18)(H,19,20). The molecule has 0 aromatic heterocycles. The fourth-order valence-electron chi connectivity index (χ4n) is 2.35. The number of methoxy groups -OCH3 is 1. The summed E-state index contributed by atoms with van der Waals surface area (Å²) in [6, 6.07) is 5.35. The Labute approximate surface area is 131 Å². The van der Waals surface area contributed by atoms with Gasteiger partial charge in [-0.15, -0.1) is 0 Å². The molecule has 21 heavy (non-hydrogen) atoms. The van der Waals surface area contributed by atoms with E-state index in [1.54, 1.807) is 13.2 Å². The third-order valence-corrected chi connectivity index (χ3v) is 3.90. The molecule has 6 nitrogen and oxygen atoms in total. The molecule has 1 aromatic rings. The van der Waals surface area contributed by atoms with E-state index in [4.69, 9.17) is 4.74 Å². The number of nitrogens with zero attached hydrogens (tertiary/aromatic N) is 1. The normalized spacial score (nSPS) is 17.4. The van der Waals surface area contributed by atoms with Crippen LogP contribution in [-0.4, -0.2) is 41.7 Å². The van der Waals surface area contributed by atoms with Gasteiger partial charge in [-0.2, -0.15) is 0 Å². The van der Waals surface area contributed by atoms with Crippen molar-refractivity contribution in [3.8, 4) is 5.75 Å². The minimum Gasteiger partial charge on any atom is -0.496 e. The Bertz CT molecular complexity index is 550. The number of carboxylic acid groups (broad SMARTS) is 1. The summed E-state index contributed by atoms with van der Waals surface area (Å²) >= 11 is 3.35. The van der Waals surface area contributed by atoms with E-state index in [0.717, 1.165) is 10.0 Å². The molecule has 0 spiro atoms. The maximum Gasteiger partial charge on any atom is 0.407 e. The van der Waals surface area contributed by atoms with Gasteiger partial charge in [-0.3, -0.25) is 4.79 Å². The summed E-state index contributed by atoms with van der Waals surface area (Å²) in [4.78, 5) is 23.9.